The van der Waals surface area contributed by atoms with Gasteiger partial charge in [0.25, 0.3) is 0 Å². The molecule has 0 aliphatic rings. The van der Waals surface area contributed by atoms with Crippen molar-refractivity contribution in [3.63, 3.8) is 0 Å². The molecule has 0 aromatic heterocycles. The topological polar surface area (TPSA) is 37.3 Å². The van der Waals surface area contributed by atoms with Crippen LogP contribution in [0.1, 0.15) is 98.2 Å². The van der Waals surface area contributed by atoms with Crippen LogP contribution in [0.25, 0.3) is 0 Å². The second-order valence-corrected chi connectivity index (χ2v) is 5.77. The zero-order valence-corrected chi connectivity index (χ0v) is 16.4. The average molecular weight is 306 g/mol. The van der Waals surface area contributed by atoms with Crippen molar-refractivity contribution < 1.29 is 40.9 Å². The molecule has 0 amide bonds. The maximum Gasteiger partial charge on any atom is 1.00 e. The van der Waals surface area contributed by atoms with E-state index in [1.165, 1.54) is 83.1 Å². The minimum absolute atomic E-state index is 0. The summed E-state index contributed by atoms with van der Waals surface area (Å²) in [4.78, 5) is 10.2. The molecule has 0 spiro atoms. The normalized spacial score (nSPS) is 10.7. The van der Waals surface area contributed by atoms with E-state index >= 15 is 0 Å². The van der Waals surface area contributed by atoms with E-state index in [-0.39, 0.29) is 31.0 Å². The van der Waals surface area contributed by atoms with Crippen LogP contribution in [0.2, 0.25) is 0 Å². The van der Waals surface area contributed by atoms with Crippen LogP contribution in [-0.2, 0) is 4.79 Å². The fourth-order valence-corrected chi connectivity index (χ4v) is 2.46. The SMILES string of the molecule is CCCCCCCCCCCCCCCC=CC(=O)O.[H-].[Na+]. The van der Waals surface area contributed by atoms with Crippen molar-refractivity contribution >= 4 is 5.97 Å². The zero-order valence-electron chi connectivity index (χ0n) is 15.4. The van der Waals surface area contributed by atoms with Gasteiger partial charge in [0, 0.05) is 6.08 Å². The van der Waals surface area contributed by atoms with Crippen LogP contribution in [0, 0.1) is 0 Å². The second kappa shape index (κ2) is 20.2. The summed E-state index contributed by atoms with van der Waals surface area (Å²) in [5, 5.41) is 8.43. The molecule has 0 unspecified atom stereocenters. The average Bonchev–Trinajstić information content (AvgIpc) is 2.43. The van der Waals surface area contributed by atoms with E-state index in [9.17, 15) is 4.79 Å². The zero-order chi connectivity index (χ0) is 14.9. The number of rotatable bonds is 15. The molecule has 0 saturated carbocycles. The molecule has 0 aromatic rings. The van der Waals surface area contributed by atoms with Gasteiger partial charge in [-0.15, -0.1) is 0 Å². The fraction of sp³-hybridized carbons (Fsp3) is 0.833. The summed E-state index contributed by atoms with van der Waals surface area (Å²) in [7, 11) is 0. The fourth-order valence-electron chi connectivity index (χ4n) is 2.46. The Bertz CT molecular complexity index is 245. The Balaban J connectivity index is -0.00000180. The van der Waals surface area contributed by atoms with Crippen molar-refractivity contribution in [3.05, 3.63) is 12.2 Å². The molecule has 0 heterocycles. The Morgan fingerprint density at radius 1 is 0.810 bits per heavy atom. The molecule has 120 valence electrons. The van der Waals surface area contributed by atoms with E-state index in [1.54, 1.807) is 6.08 Å². The molecule has 1 N–H and O–H groups in total. The number of aliphatic carboxylic acids is 1. The van der Waals surface area contributed by atoms with E-state index < -0.39 is 5.97 Å². The van der Waals surface area contributed by atoms with E-state index in [2.05, 4.69) is 6.92 Å². The van der Waals surface area contributed by atoms with Crippen LogP contribution in [0.5, 0.6) is 0 Å². The molecule has 2 nitrogen and oxygen atoms in total. The Morgan fingerprint density at radius 3 is 1.57 bits per heavy atom. The summed E-state index contributed by atoms with van der Waals surface area (Å²) in [5.41, 5.74) is 0. The first-order chi connectivity index (χ1) is 9.77. The van der Waals surface area contributed by atoms with Crippen molar-refractivity contribution in [3.8, 4) is 0 Å². The van der Waals surface area contributed by atoms with Gasteiger partial charge >= 0.3 is 35.5 Å². The number of carboxylic acid groups (broad SMARTS) is 1. The maximum absolute atomic E-state index is 10.2. The van der Waals surface area contributed by atoms with Crippen molar-refractivity contribution in [1.29, 1.82) is 0 Å². The number of carboxylic acids is 1. The Morgan fingerprint density at radius 2 is 1.19 bits per heavy atom. The minimum atomic E-state index is -0.834. The third-order valence-electron chi connectivity index (χ3n) is 3.73. The summed E-state index contributed by atoms with van der Waals surface area (Å²) >= 11 is 0. The van der Waals surface area contributed by atoms with Crippen LogP contribution < -0.4 is 29.6 Å². The van der Waals surface area contributed by atoms with Gasteiger partial charge in [-0.2, -0.15) is 0 Å². The summed E-state index contributed by atoms with van der Waals surface area (Å²) < 4.78 is 0. The Hall–Kier alpha value is 0.210. The molecule has 0 rings (SSSR count). The van der Waals surface area contributed by atoms with Gasteiger partial charge in [0.1, 0.15) is 0 Å². The quantitative estimate of drug-likeness (QED) is 0.286. The van der Waals surface area contributed by atoms with Gasteiger partial charge in [-0.25, -0.2) is 4.79 Å². The molecule has 0 saturated heterocycles. The van der Waals surface area contributed by atoms with Crippen molar-refractivity contribution in [2.45, 2.75) is 96.8 Å². The molecule has 0 atom stereocenters. The Kier molecular flexibility index (Phi) is 22.6. The maximum atomic E-state index is 10.2. The monoisotopic (exact) mass is 306 g/mol. The molecular formula is C18H35NaO2. The summed E-state index contributed by atoms with van der Waals surface area (Å²) in [6, 6.07) is 0. The third kappa shape index (κ3) is 22.6. The van der Waals surface area contributed by atoms with E-state index in [1.807, 2.05) is 0 Å². The first-order valence-corrected chi connectivity index (χ1v) is 8.67. The van der Waals surface area contributed by atoms with Gasteiger partial charge in [0.2, 0.25) is 0 Å². The molecular weight excluding hydrogens is 271 g/mol. The first-order valence-electron chi connectivity index (χ1n) is 8.67. The van der Waals surface area contributed by atoms with Gasteiger partial charge in [0.15, 0.2) is 0 Å². The molecule has 0 aromatic carbocycles. The molecule has 0 radical (unpaired) electrons. The second-order valence-electron chi connectivity index (χ2n) is 5.77. The largest absolute Gasteiger partial charge is 1.00 e. The van der Waals surface area contributed by atoms with Crippen LogP contribution in [-0.4, -0.2) is 11.1 Å². The van der Waals surface area contributed by atoms with E-state index in [4.69, 9.17) is 5.11 Å². The molecule has 0 aliphatic heterocycles. The van der Waals surface area contributed by atoms with Crippen LogP contribution >= 0.6 is 0 Å². The number of hydrogen-bond acceptors (Lipinski definition) is 1. The summed E-state index contributed by atoms with van der Waals surface area (Å²) in [6.45, 7) is 2.27. The number of unbranched alkanes of at least 4 members (excludes halogenated alkanes) is 13. The smallest absolute Gasteiger partial charge is 1.00 e. The van der Waals surface area contributed by atoms with Gasteiger partial charge in [-0.1, -0.05) is 90.0 Å². The number of carbonyl (C=O) groups is 1. The van der Waals surface area contributed by atoms with Crippen molar-refractivity contribution in [2.24, 2.45) is 0 Å². The van der Waals surface area contributed by atoms with Gasteiger partial charge in [-0.3, -0.25) is 0 Å². The van der Waals surface area contributed by atoms with Gasteiger partial charge in [0.05, 0.1) is 0 Å². The Labute approximate surface area is 155 Å². The molecule has 3 heteroatoms. The molecule has 0 bridgehead atoms. The number of hydrogen-bond donors (Lipinski definition) is 1. The first kappa shape index (κ1) is 23.5. The molecule has 0 aliphatic carbocycles. The van der Waals surface area contributed by atoms with E-state index in [0.29, 0.717) is 0 Å². The van der Waals surface area contributed by atoms with Gasteiger partial charge in [-0.05, 0) is 12.8 Å². The molecule has 0 fully saturated rings. The van der Waals surface area contributed by atoms with Crippen molar-refractivity contribution in [2.75, 3.05) is 0 Å². The molecule has 21 heavy (non-hydrogen) atoms. The van der Waals surface area contributed by atoms with Crippen LogP contribution in [0.4, 0.5) is 0 Å². The van der Waals surface area contributed by atoms with Crippen LogP contribution in [0.3, 0.4) is 0 Å². The summed E-state index contributed by atoms with van der Waals surface area (Å²) in [5.74, 6) is -0.834. The minimum Gasteiger partial charge on any atom is -1.00 e. The standard InChI is InChI=1S/C18H34O2.Na.H/c1-2-3-4-5-6-7-8-9-10-11-12-13-14-15-16-17-18(19)20;;/h16-17H,2-15H2,1H3,(H,19,20);;/q;+1;-1. The predicted octanol–water partition coefficient (Wildman–Crippen LogP) is 3.23. The van der Waals surface area contributed by atoms with E-state index in [0.717, 1.165) is 12.8 Å². The van der Waals surface area contributed by atoms with Gasteiger partial charge < -0.3 is 6.53 Å². The predicted molar refractivity (Wildman–Crippen MR) is 88.2 cm³/mol. The third-order valence-corrected chi connectivity index (χ3v) is 3.73. The van der Waals surface area contributed by atoms with Crippen LogP contribution in [0.15, 0.2) is 12.2 Å². The van der Waals surface area contributed by atoms with Crippen molar-refractivity contribution in [1.82, 2.24) is 0 Å². The number of allylic oxidation sites excluding steroid dienone is 1. The summed E-state index contributed by atoms with van der Waals surface area (Å²) in [6.07, 6.45) is 21.6.